The minimum atomic E-state index is -1.03. The van der Waals surface area contributed by atoms with Crippen molar-refractivity contribution in [3.8, 4) is 0 Å². The number of methoxy groups -OCH3 is 1. The molecule has 1 amide bonds. The normalized spacial score (nSPS) is 11.9. The van der Waals surface area contributed by atoms with Gasteiger partial charge in [-0.2, -0.15) is 0 Å². The molecule has 0 saturated heterocycles. The predicted octanol–water partition coefficient (Wildman–Crippen LogP) is 1.91. The van der Waals surface area contributed by atoms with Crippen LogP contribution in [-0.4, -0.2) is 36.7 Å². The molecule has 0 radical (unpaired) electrons. The highest BCUT2D eigenvalue weighted by Crippen LogP contribution is 2.11. The molecule has 0 aliphatic carbocycles. The molecular formula is C15H21NO4. The molecule has 0 saturated carbocycles. The van der Waals surface area contributed by atoms with Gasteiger partial charge in [0.05, 0.1) is 0 Å². The highest BCUT2D eigenvalue weighted by atomic mass is 16.5. The van der Waals surface area contributed by atoms with Crippen molar-refractivity contribution in [1.29, 1.82) is 0 Å². The molecule has 5 nitrogen and oxygen atoms in total. The van der Waals surface area contributed by atoms with E-state index in [1.54, 1.807) is 13.2 Å². The van der Waals surface area contributed by atoms with Crippen molar-refractivity contribution < 1.29 is 19.4 Å². The highest BCUT2D eigenvalue weighted by molar-refractivity contribution is 5.97. The summed E-state index contributed by atoms with van der Waals surface area (Å²) in [5.74, 6) is -1.38. The number of aryl methyl sites for hydroxylation is 2. The Labute approximate surface area is 118 Å². The van der Waals surface area contributed by atoms with Crippen LogP contribution in [0.2, 0.25) is 0 Å². The van der Waals surface area contributed by atoms with Gasteiger partial charge in [0.15, 0.2) is 0 Å². The van der Waals surface area contributed by atoms with Crippen LogP contribution in [0.1, 0.15) is 34.3 Å². The van der Waals surface area contributed by atoms with E-state index in [1.807, 2.05) is 26.0 Å². The van der Waals surface area contributed by atoms with Crippen LogP contribution in [0, 0.1) is 13.8 Å². The second-order valence-electron chi connectivity index (χ2n) is 4.82. The first-order chi connectivity index (χ1) is 9.45. The van der Waals surface area contributed by atoms with Crippen LogP contribution >= 0.6 is 0 Å². The van der Waals surface area contributed by atoms with Gasteiger partial charge in [-0.25, -0.2) is 4.79 Å². The average molecular weight is 279 g/mol. The molecule has 0 bridgehead atoms. The third kappa shape index (κ3) is 4.66. The summed E-state index contributed by atoms with van der Waals surface area (Å²) in [6, 6.07) is 4.64. The van der Waals surface area contributed by atoms with Crippen LogP contribution in [0.4, 0.5) is 0 Å². The van der Waals surface area contributed by atoms with Crippen molar-refractivity contribution in [2.75, 3.05) is 13.7 Å². The molecule has 5 heteroatoms. The van der Waals surface area contributed by atoms with Crippen molar-refractivity contribution in [1.82, 2.24) is 5.32 Å². The van der Waals surface area contributed by atoms with Crippen molar-refractivity contribution >= 4 is 11.9 Å². The van der Waals surface area contributed by atoms with E-state index in [1.165, 1.54) is 0 Å². The minimum absolute atomic E-state index is 0.347. The Morgan fingerprint density at radius 3 is 2.65 bits per heavy atom. The lowest BCUT2D eigenvalue weighted by Crippen LogP contribution is -2.41. The zero-order valence-corrected chi connectivity index (χ0v) is 12.1. The molecule has 1 rings (SSSR count). The number of hydrogen-bond acceptors (Lipinski definition) is 3. The van der Waals surface area contributed by atoms with Crippen molar-refractivity contribution in [2.24, 2.45) is 0 Å². The summed E-state index contributed by atoms with van der Waals surface area (Å²) in [6.45, 7) is 4.20. The fourth-order valence-electron chi connectivity index (χ4n) is 1.91. The first kappa shape index (κ1) is 16.2. The van der Waals surface area contributed by atoms with Gasteiger partial charge in [-0.1, -0.05) is 17.7 Å². The van der Waals surface area contributed by atoms with Gasteiger partial charge in [0.25, 0.3) is 5.91 Å². The summed E-state index contributed by atoms with van der Waals surface area (Å²) in [5, 5.41) is 11.7. The van der Waals surface area contributed by atoms with Crippen molar-refractivity contribution in [2.45, 2.75) is 32.7 Å². The first-order valence-corrected chi connectivity index (χ1v) is 6.55. The molecule has 1 unspecified atom stereocenters. The maximum absolute atomic E-state index is 12.2. The van der Waals surface area contributed by atoms with E-state index in [0.29, 0.717) is 25.0 Å². The number of aliphatic carboxylic acids is 1. The second-order valence-corrected chi connectivity index (χ2v) is 4.82. The number of benzene rings is 1. The summed E-state index contributed by atoms with van der Waals surface area (Å²) in [4.78, 5) is 23.3. The number of ether oxygens (including phenoxy) is 1. The number of carboxylic acid groups (broad SMARTS) is 1. The second kappa shape index (κ2) is 7.65. The maximum atomic E-state index is 12.2. The summed E-state index contributed by atoms with van der Waals surface area (Å²) in [5.41, 5.74) is 2.31. The monoisotopic (exact) mass is 279 g/mol. The lowest BCUT2D eigenvalue weighted by atomic mass is 10.0. The van der Waals surface area contributed by atoms with Gasteiger partial charge in [-0.05, 0) is 38.3 Å². The number of rotatable bonds is 7. The molecule has 1 atom stereocenters. The Balaban J connectivity index is 2.75. The number of amides is 1. The van der Waals surface area contributed by atoms with Crippen LogP contribution in [0.25, 0.3) is 0 Å². The molecule has 0 fully saturated rings. The zero-order valence-electron chi connectivity index (χ0n) is 12.1. The van der Waals surface area contributed by atoms with Crippen LogP contribution in [0.15, 0.2) is 18.2 Å². The third-order valence-corrected chi connectivity index (χ3v) is 3.08. The lowest BCUT2D eigenvalue weighted by Gasteiger charge is -2.15. The molecule has 0 aliphatic rings. The SMILES string of the molecule is COCCCC(NC(=O)c1cc(C)ccc1C)C(=O)O. The van der Waals surface area contributed by atoms with Gasteiger partial charge < -0.3 is 15.2 Å². The van der Waals surface area contributed by atoms with Gasteiger partial charge in [0.1, 0.15) is 6.04 Å². The molecule has 0 aromatic heterocycles. The van der Waals surface area contributed by atoms with Crippen molar-refractivity contribution in [3.63, 3.8) is 0 Å². The summed E-state index contributed by atoms with van der Waals surface area (Å²) in [7, 11) is 1.56. The van der Waals surface area contributed by atoms with Gasteiger partial charge in [0.2, 0.25) is 0 Å². The largest absolute Gasteiger partial charge is 0.480 e. The topological polar surface area (TPSA) is 75.6 Å². The lowest BCUT2D eigenvalue weighted by molar-refractivity contribution is -0.139. The molecule has 0 heterocycles. The average Bonchev–Trinajstić information content (AvgIpc) is 2.40. The van der Waals surface area contributed by atoms with E-state index in [9.17, 15) is 9.59 Å². The number of carbonyl (C=O) groups excluding carboxylic acids is 1. The summed E-state index contributed by atoms with van der Waals surface area (Å²) in [6.07, 6.45) is 0.931. The predicted molar refractivity (Wildman–Crippen MR) is 75.9 cm³/mol. The zero-order chi connectivity index (χ0) is 15.1. The number of carbonyl (C=O) groups is 2. The Morgan fingerprint density at radius 2 is 2.05 bits per heavy atom. The molecule has 1 aromatic carbocycles. The molecule has 1 aromatic rings. The fourth-order valence-corrected chi connectivity index (χ4v) is 1.91. The third-order valence-electron chi connectivity index (χ3n) is 3.08. The quantitative estimate of drug-likeness (QED) is 0.748. The maximum Gasteiger partial charge on any atom is 0.326 e. The number of hydrogen-bond donors (Lipinski definition) is 2. The Kier molecular flexibility index (Phi) is 6.18. The standard InChI is InChI=1S/C15H21NO4/c1-10-6-7-11(2)12(9-10)14(17)16-13(15(18)19)5-4-8-20-3/h6-7,9,13H,4-5,8H2,1-3H3,(H,16,17)(H,18,19). The smallest absolute Gasteiger partial charge is 0.326 e. The van der Waals surface area contributed by atoms with E-state index in [2.05, 4.69) is 5.32 Å². The van der Waals surface area contributed by atoms with Crippen LogP contribution in [0.3, 0.4) is 0 Å². The summed E-state index contributed by atoms with van der Waals surface area (Å²) >= 11 is 0. The van der Waals surface area contributed by atoms with E-state index in [-0.39, 0.29) is 5.91 Å². The fraction of sp³-hybridized carbons (Fsp3) is 0.467. The molecule has 2 N–H and O–H groups in total. The van der Waals surface area contributed by atoms with Gasteiger partial charge >= 0.3 is 5.97 Å². The minimum Gasteiger partial charge on any atom is -0.480 e. The Morgan fingerprint density at radius 1 is 1.35 bits per heavy atom. The van der Waals surface area contributed by atoms with E-state index in [4.69, 9.17) is 9.84 Å². The molecule has 20 heavy (non-hydrogen) atoms. The number of carboxylic acids is 1. The highest BCUT2D eigenvalue weighted by Gasteiger charge is 2.21. The summed E-state index contributed by atoms with van der Waals surface area (Å²) < 4.78 is 4.89. The van der Waals surface area contributed by atoms with Crippen LogP contribution < -0.4 is 5.32 Å². The van der Waals surface area contributed by atoms with Gasteiger partial charge in [0, 0.05) is 19.3 Å². The molecule has 0 aliphatic heterocycles. The first-order valence-electron chi connectivity index (χ1n) is 6.55. The van der Waals surface area contributed by atoms with Crippen LogP contribution in [0.5, 0.6) is 0 Å². The number of nitrogens with one attached hydrogen (secondary N) is 1. The van der Waals surface area contributed by atoms with Crippen molar-refractivity contribution in [3.05, 3.63) is 34.9 Å². The molecular weight excluding hydrogens is 258 g/mol. The Hall–Kier alpha value is -1.88. The molecule has 0 spiro atoms. The Bertz CT molecular complexity index is 485. The van der Waals surface area contributed by atoms with E-state index >= 15 is 0 Å². The van der Waals surface area contributed by atoms with Gasteiger partial charge in [-0.15, -0.1) is 0 Å². The van der Waals surface area contributed by atoms with E-state index < -0.39 is 12.0 Å². The van der Waals surface area contributed by atoms with Gasteiger partial charge in [-0.3, -0.25) is 4.79 Å². The van der Waals surface area contributed by atoms with Crippen LogP contribution in [-0.2, 0) is 9.53 Å². The van der Waals surface area contributed by atoms with E-state index in [0.717, 1.165) is 11.1 Å². The molecule has 110 valence electrons.